The molecule has 0 unspecified atom stereocenters. The molecule has 66 valence electrons. The van der Waals surface area contributed by atoms with E-state index in [4.69, 9.17) is 11.8 Å². The summed E-state index contributed by atoms with van der Waals surface area (Å²) >= 11 is 0. The Morgan fingerprint density at radius 2 is 1.10 bits per heavy atom. The van der Waals surface area contributed by atoms with Crippen LogP contribution in [0, 0.1) is 0 Å². The minimum absolute atomic E-state index is 0. The van der Waals surface area contributed by atoms with Crippen LogP contribution in [0.4, 0.5) is 0 Å². The van der Waals surface area contributed by atoms with Gasteiger partial charge in [-0.25, -0.2) is 11.8 Å². The second-order valence-corrected chi connectivity index (χ2v) is 1.45. The summed E-state index contributed by atoms with van der Waals surface area (Å²) < 4.78 is 0. The third-order valence-corrected chi connectivity index (χ3v) is 0.774. The maximum absolute atomic E-state index is 4.74. The van der Waals surface area contributed by atoms with Crippen molar-refractivity contribution >= 4 is 24.8 Å². The molecule has 0 aromatic carbocycles. The molecule has 0 atom stereocenters. The predicted octanol–water partition coefficient (Wildman–Crippen LogP) is 0.391. The van der Waals surface area contributed by atoms with E-state index < -0.39 is 0 Å². The first-order valence-corrected chi connectivity index (χ1v) is 2.55. The zero-order chi connectivity index (χ0) is 6.24. The molecule has 0 aromatic rings. The molecule has 0 rings (SSSR count). The van der Waals surface area contributed by atoms with Gasteiger partial charge in [0, 0.05) is 0 Å². The Bertz CT molecular complexity index is 44.2. The molecule has 0 aromatic heterocycles. The summed E-state index contributed by atoms with van der Waals surface area (Å²) in [5.74, 6) is 9.48. The first-order chi connectivity index (χ1) is 3.91. The van der Waals surface area contributed by atoms with Gasteiger partial charge in [-0.3, -0.25) is 0 Å². The second kappa shape index (κ2) is 16.2. The van der Waals surface area contributed by atoms with E-state index in [-0.39, 0.29) is 24.8 Å². The molecule has 0 saturated heterocycles. The standard InChI is InChI=1S/C4H12N2O2.2ClH/c5-7-3-1-2-4-8-6;;/h1-6H2;2*1H. The van der Waals surface area contributed by atoms with Gasteiger partial charge in [0.25, 0.3) is 0 Å². The highest BCUT2D eigenvalue weighted by Crippen LogP contribution is 1.85. The summed E-state index contributed by atoms with van der Waals surface area (Å²) in [6.07, 6.45) is 1.79. The minimum Gasteiger partial charge on any atom is -0.305 e. The molecule has 0 saturated carbocycles. The van der Waals surface area contributed by atoms with Crippen LogP contribution >= 0.6 is 24.8 Å². The Balaban J connectivity index is -0.000000245. The van der Waals surface area contributed by atoms with Gasteiger partial charge in [-0.15, -0.1) is 24.8 Å². The number of halogens is 2. The highest BCUT2D eigenvalue weighted by molar-refractivity contribution is 5.85. The van der Waals surface area contributed by atoms with E-state index in [1.54, 1.807) is 0 Å². The molecule has 0 fully saturated rings. The summed E-state index contributed by atoms with van der Waals surface area (Å²) in [5, 5.41) is 0. The molecule has 0 heterocycles. The van der Waals surface area contributed by atoms with Gasteiger partial charge in [0.2, 0.25) is 0 Å². The predicted molar refractivity (Wildman–Crippen MR) is 44.0 cm³/mol. The normalized spacial score (nSPS) is 7.80. The zero-order valence-corrected chi connectivity index (χ0v) is 7.25. The lowest BCUT2D eigenvalue weighted by Crippen LogP contribution is -2.04. The summed E-state index contributed by atoms with van der Waals surface area (Å²) in [4.78, 5) is 8.58. The van der Waals surface area contributed by atoms with Crippen molar-refractivity contribution in [2.45, 2.75) is 12.8 Å². The lowest BCUT2D eigenvalue weighted by Gasteiger charge is -1.95. The minimum atomic E-state index is 0. The van der Waals surface area contributed by atoms with Crippen molar-refractivity contribution in [3.8, 4) is 0 Å². The summed E-state index contributed by atoms with van der Waals surface area (Å²) in [6, 6.07) is 0. The van der Waals surface area contributed by atoms with Crippen molar-refractivity contribution in [2.24, 2.45) is 11.8 Å². The van der Waals surface area contributed by atoms with Gasteiger partial charge in [-0.2, -0.15) is 0 Å². The molecule has 6 heteroatoms. The summed E-state index contributed by atoms with van der Waals surface area (Å²) in [6.45, 7) is 1.15. The van der Waals surface area contributed by atoms with Crippen LogP contribution in [0.3, 0.4) is 0 Å². The van der Waals surface area contributed by atoms with Gasteiger partial charge in [-0.1, -0.05) is 0 Å². The van der Waals surface area contributed by atoms with Crippen LogP contribution < -0.4 is 11.8 Å². The first-order valence-electron chi connectivity index (χ1n) is 2.55. The van der Waals surface area contributed by atoms with Gasteiger partial charge in [-0.05, 0) is 12.8 Å². The van der Waals surface area contributed by atoms with Crippen LogP contribution in [0.2, 0.25) is 0 Å². The van der Waals surface area contributed by atoms with Crippen LogP contribution in [0.25, 0.3) is 0 Å². The van der Waals surface area contributed by atoms with Crippen molar-refractivity contribution in [1.82, 2.24) is 0 Å². The van der Waals surface area contributed by atoms with Crippen LogP contribution in [-0.2, 0) is 9.68 Å². The quantitative estimate of drug-likeness (QED) is 0.489. The van der Waals surface area contributed by atoms with Gasteiger partial charge in [0.15, 0.2) is 0 Å². The molecule has 0 spiro atoms. The highest BCUT2D eigenvalue weighted by Gasteiger charge is 1.84. The van der Waals surface area contributed by atoms with Crippen LogP contribution in [0.15, 0.2) is 0 Å². The molecule has 0 radical (unpaired) electrons. The van der Waals surface area contributed by atoms with Gasteiger partial charge in [0.05, 0.1) is 13.2 Å². The van der Waals surface area contributed by atoms with Crippen molar-refractivity contribution < 1.29 is 9.68 Å². The molecule has 0 aliphatic heterocycles. The highest BCUT2D eigenvalue weighted by atomic mass is 35.5. The molecule has 0 bridgehead atoms. The largest absolute Gasteiger partial charge is 0.305 e. The zero-order valence-electron chi connectivity index (χ0n) is 5.62. The van der Waals surface area contributed by atoms with Crippen molar-refractivity contribution in [3.63, 3.8) is 0 Å². The molecule has 0 amide bonds. The number of nitrogens with two attached hydrogens (primary N) is 2. The molecule has 4 N–H and O–H groups in total. The van der Waals surface area contributed by atoms with E-state index in [1.807, 2.05) is 0 Å². The van der Waals surface area contributed by atoms with E-state index in [0.717, 1.165) is 12.8 Å². The smallest absolute Gasteiger partial charge is 0.0680 e. The lowest BCUT2D eigenvalue weighted by molar-refractivity contribution is 0.105. The fraction of sp³-hybridized carbons (Fsp3) is 1.00. The molecule has 0 aliphatic rings. The Morgan fingerprint density at radius 3 is 1.30 bits per heavy atom. The average molecular weight is 193 g/mol. The molecule has 4 nitrogen and oxygen atoms in total. The first kappa shape index (κ1) is 16.8. The molecule has 0 aliphatic carbocycles. The molecular weight excluding hydrogens is 179 g/mol. The fourth-order valence-electron chi connectivity index (χ4n) is 0.371. The number of hydrogen-bond acceptors (Lipinski definition) is 4. The lowest BCUT2D eigenvalue weighted by atomic mass is 10.3. The van der Waals surface area contributed by atoms with Gasteiger partial charge < -0.3 is 9.68 Å². The Hall–Kier alpha value is 0.420. The van der Waals surface area contributed by atoms with Crippen molar-refractivity contribution in [3.05, 3.63) is 0 Å². The summed E-state index contributed by atoms with van der Waals surface area (Å²) in [7, 11) is 0. The average Bonchev–Trinajstić information content (AvgIpc) is 1.81. The second-order valence-electron chi connectivity index (χ2n) is 1.45. The van der Waals surface area contributed by atoms with E-state index in [9.17, 15) is 0 Å². The summed E-state index contributed by atoms with van der Waals surface area (Å²) in [5.41, 5.74) is 0. The number of rotatable bonds is 5. The van der Waals surface area contributed by atoms with Crippen LogP contribution in [0.1, 0.15) is 12.8 Å². The number of unbranched alkanes of at least 4 members (excludes halogenated alkanes) is 1. The van der Waals surface area contributed by atoms with E-state index >= 15 is 0 Å². The van der Waals surface area contributed by atoms with Crippen molar-refractivity contribution in [1.29, 1.82) is 0 Å². The van der Waals surface area contributed by atoms with Gasteiger partial charge in [0.1, 0.15) is 0 Å². The monoisotopic (exact) mass is 192 g/mol. The molecular formula is C4H14Cl2N2O2. The Labute approximate surface area is 73.0 Å². The topological polar surface area (TPSA) is 70.5 Å². The third-order valence-electron chi connectivity index (χ3n) is 0.774. The van der Waals surface area contributed by atoms with Gasteiger partial charge >= 0.3 is 0 Å². The third kappa shape index (κ3) is 15.8. The van der Waals surface area contributed by atoms with E-state index in [0.29, 0.717) is 13.2 Å². The van der Waals surface area contributed by atoms with E-state index in [1.165, 1.54) is 0 Å². The maximum Gasteiger partial charge on any atom is 0.0680 e. The SMILES string of the molecule is Cl.Cl.NOCCCCON. The Morgan fingerprint density at radius 1 is 0.800 bits per heavy atom. The van der Waals surface area contributed by atoms with Crippen LogP contribution in [0.5, 0.6) is 0 Å². The fourth-order valence-corrected chi connectivity index (χ4v) is 0.371. The molecule has 10 heavy (non-hydrogen) atoms. The Kier molecular flexibility index (Phi) is 27.2. The van der Waals surface area contributed by atoms with E-state index in [2.05, 4.69) is 9.68 Å². The van der Waals surface area contributed by atoms with Crippen LogP contribution in [-0.4, -0.2) is 13.2 Å². The van der Waals surface area contributed by atoms with Crippen molar-refractivity contribution in [2.75, 3.05) is 13.2 Å². The maximum atomic E-state index is 4.74. The number of hydrogen-bond donors (Lipinski definition) is 2.